The number of methoxy groups -OCH3 is 1. The number of ether oxygens (including phenoxy) is 2. The first-order valence-corrected chi connectivity index (χ1v) is 20.9. The standard InChI is InChI=1S/C29H50N4O6S.C10H9NO2.C2H6/c1-6-8-9-10-11-13-21-19-29(21,25(36)32-40-39-28(15-7-2)16-17-28)31-24(35)22-14-12-18-33(22)23(34)20-30-26(37)38-27(3,4)5;1-13-8-2-3-9-7(6-8)4-5-11-10(9)12;1-2/h21-22H,6-20H2,1-5H3,(H,30,37)(H,31,35)(H,32,36);2-6H,1H3,(H,11,12);1-2H3/t21-,22+,29-;;/m1../s1. The van der Waals surface area contributed by atoms with Gasteiger partial charge in [0, 0.05) is 18.1 Å². The third kappa shape index (κ3) is 13.7. The van der Waals surface area contributed by atoms with Crippen LogP contribution in [0.1, 0.15) is 132 Å². The van der Waals surface area contributed by atoms with Crippen molar-refractivity contribution in [3.8, 4) is 5.75 Å². The molecule has 0 unspecified atom stereocenters. The van der Waals surface area contributed by atoms with Gasteiger partial charge in [-0.25, -0.2) is 4.79 Å². The van der Waals surface area contributed by atoms with Gasteiger partial charge in [-0.15, -0.1) is 0 Å². The maximum Gasteiger partial charge on any atom is 0.408 e. The summed E-state index contributed by atoms with van der Waals surface area (Å²) in [6.07, 6.45) is 13.3. The molecule has 2 aliphatic carbocycles. The van der Waals surface area contributed by atoms with E-state index in [-0.39, 0.29) is 41.3 Å². The number of rotatable bonds is 17. The minimum atomic E-state index is -0.980. The molecule has 3 fully saturated rings. The van der Waals surface area contributed by atoms with Crippen molar-refractivity contribution in [2.45, 2.75) is 155 Å². The summed E-state index contributed by atoms with van der Waals surface area (Å²) in [5.41, 5.74) is -1.86. The summed E-state index contributed by atoms with van der Waals surface area (Å²) in [5.74, 6) is -0.0805. The van der Waals surface area contributed by atoms with Crippen LogP contribution >= 0.6 is 12.2 Å². The number of likely N-dealkylation sites (tertiary alicyclic amines) is 1. The predicted molar refractivity (Wildman–Crippen MR) is 217 cm³/mol. The molecule has 2 heterocycles. The minimum absolute atomic E-state index is 0.0589. The lowest BCUT2D eigenvalue weighted by Crippen LogP contribution is -2.55. The smallest absolute Gasteiger partial charge is 0.408 e. The fourth-order valence-corrected chi connectivity index (χ4v) is 7.60. The van der Waals surface area contributed by atoms with Gasteiger partial charge in [0.25, 0.3) is 11.5 Å². The van der Waals surface area contributed by atoms with E-state index in [9.17, 15) is 24.0 Å². The highest BCUT2D eigenvalue weighted by molar-refractivity contribution is 7.93. The number of aromatic amines is 1. The molecule has 3 atom stereocenters. The number of carbonyl (C=O) groups is 4. The zero-order chi connectivity index (χ0) is 40.6. The van der Waals surface area contributed by atoms with Crippen LogP contribution in [-0.4, -0.2) is 76.7 Å². The van der Waals surface area contributed by atoms with Crippen molar-refractivity contribution in [1.82, 2.24) is 25.2 Å². The number of hydrogen-bond donors (Lipinski definition) is 4. The Morgan fingerprint density at radius 1 is 1.02 bits per heavy atom. The summed E-state index contributed by atoms with van der Waals surface area (Å²) >= 11 is 0.985. The van der Waals surface area contributed by atoms with Gasteiger partial charge < -0.3 is 30.0 Å². The number of nitrogens with one attached hydrogen (secondary N) is 4. The van der Waals surface area contributed by atoms with Crippen molar-refractivity contribution in [2.24, 2.45) is 5.92 Å². The van der Waals surface area contributed by atoms with Gasteiger partial charge in [0.2, 0.25) is 11.8 Å². The maximum atomic E-state index is 13.5. The summed E-state index contributed by atoms with van der Waals surface area (Å²) in [5, 5.41) is 7.11. The van der Waals surface area contributed by atoms with E-state index in [1.54, 1.807) is 46.2 Å². The molecule has 3 aliphatic rings. The lowest BCUT2D eigenvalue weighted by molar-refractivity contribution is -0.139. The van der Waals surface area contributed by atoms with E-state index in [2.05, 4.69) is 34.2 Å². The molecule has 0 spiro atoms. The van der Waals surface area contributed by atoms with E-state index in [1.165, 1.54) is 24.2 Å². The molecule has 2 saturated carbocycles. The molecule has 0 bridgehead atoms. The molecular formula is C41H65N5O8S. The van der Waals surface area contributed by atoms with Gasteiger partial charge in [-0.3, -0.25) is 28.1 Å². The predicted octanol–water partition coefficient (Wildman–Crippen LogP) is 7.33. The number of pyridine rings is 1. The monoisotopic (exact) mass is 787 g/mol. The molecule has 308 valence electrons. The van der Waals surface area contributed by atoms with Crippen molar-refractivity contribution in [2.75, 3.05) is 20.2 Å². The van der Waals surface area contributed by atoms with Crippen LogP contribution in [-0.2, 0) is 23.3 Å². The highest BCUT2D eigenvalue weighted by atomic mass is 32.2. The largest absolute Gasteiger partial charge is 0.497 e. The molecule has 1 aromatic heterocycles. The van der Waals surface area contributed by atoms with Crippen LogP contribution in [0, 0.1) is 5.92 Å². The van der Waals surface area contributed by atoms with Crippen molar-refractivity contribution in [1.29, 1.82) is 0 Å². The van der Waals surface area contributed by atoms with E-state index >= 15 is 0 Å². The van der Waals surface area contributed by atoms with Gasteiger partial charge in [0.1, 0.15) is 41.7 Å². The maximum absolute atomic E-state index is 13.5. The van der Waals surface area contributed by atoms with E-state index in [1.807, 2.05) is 26.0 Å². The molecule has 13 nitrogen and oxygen atoms in total. The van der Waals surface area contributed by atoms with Gasteiger partial charge in [0.05, 0.1) is 12.7 Å². The Hall–Kier alpha value is -3.78. The molecule has 1 aromatic carbocycles. The molecule has 5 rings (SSSR count). The summed E-state index contributed by atoms with van der Waals surface area (Å²) in [7, 11) is 1.61. The van der Waals surface area contributed by atoms with Gasteiger partial charge in [0.15, 0.2) is 0 Å². The van der Waals surface area contributed by atoms with Crippen LogP contribution in [0.2, 0.25) is 0 Å². The Morgan fingerprint density at radius 3 is 2.40 bits per heavy atom. The molecule has 4 amide bonds. The van der Waals surface area contributed by atoms with Crippen LogP contribution in [0.5, 0.6) is 5.75 Å². The lowest BCUT2D eigenvalue weighted by atomic mass is 10.0. The number of H-pyrrole nitrogens is 1. The number of benzene rings is 1. The number of fused-ring (bicyclic) bond motifs is 1. The van der Waals surface area contributed by atoms with Gasteiger partial charge in [-0.05, 0) is 101 Å². The lowest BCUT2D eigenvalue weighted by Gasteiger charge is -2.27. The van der Waals surface area contributed by atoms with Gasteiger partial charge >= 0.3 is 6.09 Å². The topological polar surface area (TPSA) is 168 Å². The normalized spacial score (nSPS) is 20.5. The van der Waals surface area contributed by atoms with Gasteiger partial charge in [-0.2, -0.15) is 0 Å². The zero-order valence-corrected chi connectivity index (χ0v) is 35.1. The molecule has 1 saturated heterocycles. The van der Waals surface area contributed by atoms with Crippen LogP contribution in [0.4, 0.5) is 4.79 Å². The third-order valence-corrected chi connectivity index (χ3v) is 10.7. The van der Waals surface area contributed by atoms with Crippen molar-refractivity contribution < 1.29 is 32.8 Å². The Bertz CT molecular complexity index is 1620. The molecular weight excluding hydrogens is 723 g/mol. The number of unbranched alkanes of at least 4 members (excludes halogenated alkanes) is 4. The van der Waals surface area contributed by atoms with Crippen LogP contribution in [0.3, 0.4) is 0 Å². The second-order valence-electron chi connectivity index (χ2n) is 15.5. The molecule has 2 aromatic rings. The van der Waals surface area contributed by atoms with Gasteiger partial charge in [-0.1, -0.05) is 66.2 Å². The second-order valence-corrected chi connectivity index (χ2v) is 16.0. The summed E-state index contributed by atoms with van der Waals surface area (Å²) in [6, 6.07) is 6.54. The minimum Gasteiger partial charge on any atom is -0.497 e. The Morgan fingerprint density at radius 2 is 1.75 bits per heavy atom. The van der Waals surface area contributed by atoms with Crippen LogP contribution in [0.15, 0.2) is 35.3 Å². The first-order chi connectivity index (χ1) is 26.3. The van der Waals surface area contributed by atoms with E-state index in [0.29, 0.717) is 31.2 Å². The van der Waals surface area contributed by atoms with Crippen LogP contribution < -0.4 is 25.7 Å². The summed E-state index contributed by atoms with van der Waals surface area (Å²) < 4.78 is 19.1. The third-order valence-electron chi connectivity index (χ3n) is 10.0. The number of amides is 4. The molecule has 0 radical (unpaired) electrons. The number of alkyl carbamates (subject to hydrolysis) is 1. The highest BCUT2D eigenvalue weighted by Crippen LogP contribution is 2.49. The quantitative estimate of drug-likeness (QED) is 0.0729. The zero-order valence-electron chi connectivity index (χ0n) is 34.3. The molecule has 1 aliphatic heterocycles. The number of hydrogen-bond acceptors (Lipinski definition) is 9. The Labute approximate surface area is 331 Å². The number of nitrogens with zero attached hydrogens (tertiary/aromatic N) is 1. The van der Waals surface area contributed by atoms with Crippen molar-refractivity contribution in [3.05, 3.63) is 40.8 Å². The van der Waals surface area contributed by atoms with E-state index < -0.39 is 23.3 Å². The van der Waals surface area contributed by atoms with E-state index in [0.717, 1.165) is 68.3 Å². The first kappa shape index (κ1) is 45.6. The average Bonchev–Trinajstić information content (AvgIpc) is 4.02. The summed E-state index contributed by atoms with van der Waals surface area (Å²) in [4.78, 5) is 67.2. The summed E-state index contributed by atoms with van der Waals surface area (Å²) in [6.45, 7) is 13.7. The fourth-order valence-electron chi connectivity index (χ4n) is 6.87. The molecule has 14 heteroatoms. The SMILES string of the molecule is CC.CCCCCCC[C@@H]1C[C@]1(NC(=O)[C@@H]1CCCN1C(=O)CNC(=O)OC(C)(C)C)C(=O)NSOC1(CCC)CC1.COc1ccc2c(=O)[nH]ccc2c1. The van der Waals surface area contributed by atoms with E-state index in [4.69, 9.17) is 13.7 Å². The Kier molecular flexibility index (Phi) is 17.8. The fraction of sp³-hybridized carbons (Fsp3) is 0.683. The number of carbonyl (C=O) groups excluding carboxylic acids is 4. The molecule has 4 N–H and O–H groups in total. The Balaban J connectivity index is 0.000000449. The first-order valence-electron chi connectivity index (χ1n) is 20.2. The van der Waals surface area contributed by atoms with Crippen LogP contribution in [0.25, 0.3) is 10.8 Å². The average molecular weight is 788 g/mol. The number of aromatic nitrogens is 1. The van der Waals surface area contributed by atoms with Crippen molar-refractivity contribution in [3.63, 3.8) is 0 Å². The molecule has 55 heavy (non-hydrogen) atoms. The highest BCUT2D eigenvalue weighted by Gasteiger charge is 2.61. The second kappa shape index (κ2) is 21.5. The van der Waals surface area contributed by atoms with Crippen molar-refractivity contribution >= 4 is 46.8 Å².